The lowest BCUT2D eigenvalue weighted by Crippen LogP contribution is -2.38. The Kier molecular flexibility index (Phi) is 8.02. The quantitative estimate of drug-likeness (QED) is 0.471. The Morgan fingerprint density at radius 2 is 1.57 bits per heavy atom. The molecule has 3 unspecified atom stereocenters. The van der Waals surface area contributed by atoms with Gasteiger partial charge in [0, 0.05) is 11.3 Å². The molecule has 0 aromatic rings. The van der Waals surface area contributed by atoms with Gasteiger partial charge in [-0.1, -0.05) is 34.6 Å². The third-order valence-corrected chi connectivity index (χ3v) is 11.2. The molecule has 2 bridgehead atoms. The van der Waals surface area contributed by atoms with Crippen LogP contribution in [0.3, 0.4) is 0 Å². The summed E-state index contributed by atoms with van der Waals surface area (Å²) < 4.78 is 33.3. The summed E-state index contributed by atoms with van der Waals surface area (Å²) in [5.74, 6) is 0.752. The fourth-order valence-corrected chi connectivity index (χ4v) is 8.36. The zero-order chi connectivity index (χ0) is 22.2. The van der Waals surface area contributed by atoms with Crippen molar-refractivity contribution in [2.24, 2.45) is 22.7 Å². The molecular weight excluding hydrogens is 396 g/mol. The minimum atomic E-state index is -4.49. The first-order valence-electron chi connectivity index (χ1n) is 10.2. The first kappa shape index (κ1) is 25.6. The van der Waals surface area contributed by atoms with Crippen LogP contribution in [0.2, 0.25) is 0 Å². The van der Waals surface area contributed by atoms with Gasteiger partial charge in [0.1, 0.15) is 25.9 Å². The van der Waals surface area contributed by atoms with Gasteiger partial charge in [0.05, 0.1) is 0 Å². The van der Waals surface area contributed by atoms with Gasteiger partial charge in [0.15, 0.2) is 17.3 Å². The molecule has 0 N–H and O–H groups in total. The van der Waals surface area contributed by atoms with Crippen molar-refractivity contribution >= 4 is 32.6 Å². The van der Waals surface area contributed by atoms with Crippen LogP contribution in [0, 0.1) is 22.7 Å². The summed E-state index contributed by atoms with van der Waals surface area (Å²) in [4.78, 5) is 23.5. The van der Waals surface area contributed by atoms with Crippen molar-refractivity contribution in [1.82, 2.24) is 0 Å². The maximum absolute atomic E-state index is 12.0. The van der Waals surface area contributed by atoms with Crippen LogP contribution in [0.5, 0.6) is 0 Å². The van der Waals surface area contributed by atoms with Gasteiger partial charge >= 0.3 is 0 Å². The third-order valence-electron chi connectivity index (χ3n) is 6.95. The van der Waals surface area contributed by atoms with Gasteiger partial charge in [-0.05, 0) is 62.8 Å². The lowest BCUT2D eigenvalue weighted by atomic mass is 9.70. The number of carbonyl (C=O) groups excluding carboxylic acids is 2. The number of Topliss-reactive ketones (excluding diaryl/α,β-unsaturated/α-hetero) is 2. The SMILES string of the molecule is CC(C)C(=O)C[S+](C(C)C)C(C)C.CC12CCC(C(S(=O)(=O)[O-])C1=O)C2(C)C. The van der Waals surface area contributed by atoms with Crippen molar-refractivity contribution in [2.75, 3.05) is 5.75 Å². The summed E-state index contributed by atoms with van der Waals surface area (Å²) in [6.45, 7) is 18.4. The highest BCUT2D eigenvalue weighted by Gasteiger charge is 2.67. The van der Waals surface area contributed by atoms with E-state index in [4.69, 9.17) is 0 Å². The molecule has 2 rings (SSSR count). The van der Waals surface area contributed by atoms with Crippen LogP contribution in [0.1, 0.15) is 75.2 Å². The van der Waals surface area contributed by atoms with E-state index in [1.54, 1.807) is 6.92 Å². The Morgan fingerprint density at radius 3 is 1.82 bits per heavy atom. The van der Waals surface area contributed by atoms with Gasteiger partial charge in [-0.2, -0.15) is 0 Å². The van der Waals surface area contributed by atoms with E-state index in [0.29, 0.717) is 29.1 Å². The Hall–Kier alpha value is -0.400. The molecule has 28 heavy (non-hydrogen) atoms. The van der Waals surface area contributed by atoms with Gasteiger partial charge in [0.25, 0.3) is 0 Å². The van der Waals surface area contributed by atoms with Crippen molar-refractivity contribution in [3.8, 4) is 0 Å². The van der Waals surface area contributed by atoms with E-state index >= 15 is 0 Å². The molecule has 0 aliphatic heterocycles. The highest BCUT2D eigenvalue weighted by molar-refractivity contribution is 7.98. The van der Waals surface area contributed by atoms with E-state index in [1.807, 2.05) is 27.7 Å². The van der Waals surface area contributed by atoms with Crippen LogP contribution < -0.4 is 0 Å². The molecule has 7 heteroatoms. The molecule has 0 amide bonds. The lowest BCUT2D eigenvalue weighted by molar-refractivity contribution is -0.128. The summed E-state index contributed by atoms with van der Waals surface area (Å²) in [5, 5.41) is -0.0170. The number of carbonyl (C=O) groups is 2. The summed E-state index contributed by atoms with van der Waals surface area (Å²) >= 11 is 0. The first-order chi connectivity index (χ1) is 12.5. The lowest BCUT2D eigenvalue weighted by Gasteiger charge is -2.32. The molecule has 164 valence electrons. The van der Waals surface area contributed by atoms with E-state index in [0.717, 1.165) is 5.75 Å². The van der Waals surface area contributed by atoms with Crippen molar-refractivity contribution in [3.63, 3.8) is 0 Å². The van der Waals surface area contributed by atoms with Crippen molar-refractivity contribution in [2.45, 2.75) is 90.9 Å². The van der Waals surface area contributed by atoms with Crippen LogP contribution in [0.15, 0.2) is 0 Å². The van der Waals surface area contributed by atoms with Crippen LogP contribution in [0.4, 0.5) is 0 Å². The normalized spacial score (nSPS) is 29.0. The van der Waals surface area contributed by atoms with Gasteiger partial charge < -0.3 is 4.55 Å². The fourth-order valence-electron chi connectivity index (χ4n) is 4.54. The summed E-state index contributed by atoms with van der Waals surface area (Å²) in [6, 6.07) is 0. The molecule has 0 heterocycles. The van der Waals surface area contributed by atoms with E-state index < -0.39 is 20.8 Å². The zero-order valence-corrected chi connectivity index (χ0v) is 20.5. The van der Waals surface area contributed by atoms with Crippen LogP contribution in [0.25, 0.3) is 0 Å². The molecule has 2 fully saturated rings. The standard InChI is InChI=1S/C11H23OS.C10H16O4S/c1-8(2)11(12)7-13(9(3)4)10(5)6;1-9(2)6-4-5-10(9,3)8(11)7(6)15(12,13)14/h8-10H,7H2,1-6H3;6-7H,4-5H2,1-3H3,(H,12,13,14)/q+1;/p-1. The Morgan fingerprint density at radius 1 is 1.11 bits per heavy atom. The number of ketones is 2. The summed E-state index contributed by atoms with van der Waals surface area (Å²) in [7, 11) is -4.22. The first-order valence-corrected chi connectivity index (χ1v) is 13.2. The van der Waals surface area contributed by atoms with Crippen molar-refractivity contribution in [3.05, 3.63) is 0 Å². The second-order valence-corrected chi connectivity index (χ2v) is 14.4. The van der Waals surface area contributed by atoms with Gasteiger partial charge in [0.2, 0.25) is 0 Å². The number of fused-ring (bicyclic) bond motifs is 2. The highest BCUT2D eigenvalue weighted by atomic mass is 32.2. The van der Waals surface area contributed by atoms with Gasteiger partial charge in [-0.25, -0.2) is 8.42 Å². The molecule has 2 saturated carbocycles. The smallest absolute Gasteiger partial charge is 0.184 e. The van der Waals surface area contributed by atoms with E-state index in [9.17, 15) is 22.6 Å². The van der Waals surface area contributed by atoms with Crippen molar-refractivity contribution in [1.29, 1.82) is 0 Å². The Bertz CT molecular complexity index is 686. The van der Waals surface area contributed by atoms with E-state index in [2.05, 4.69) is 27.7 Å². The van der Waals surface area contributed by atoms with Gasteiger partial charge in [-0.15, -0.1) is 0 Å². The number of rotatable bonds is 6. The second-order valence-electron chi connectivity index (χ2n) is 9.81. The van der Waals surface area contributed by atoms with Crippen molar-refractivity contribution < 1.29 is 22.6 Å². The number of hydrogen-bond acceptors (Lipinski definition) is 5. The Balaban J connectivity index is 0.000000284. The molecular formula is C21H38O5S2. The largest absolute Gasteiger partial charge is 0.747 e. The van der Waals surface area contributed by atoms with Crippen LogP contribution in [-0.2, 0) is 30.6 Å². The molecule has 0 aromatic heterocycles. The van der Waals surface area contributed by atoms with Gasteiger partial charge in [-0.3, -0.25) is 9.59 Å². The third kappa shape index (κ3) is 4.84. The predicted molar refractivity (Wildman–Crippen MR) is 115 cm³/mol. The molecule has 5 nitrogen and oxygen atoms in total. The summed E-state index contributed by atoms with van der Waals surface area (Å²) in [5.41, 5.74) is -0.994. The maximum atomic E-state index is 12.0. The minimum absolute atomic E-state index is 0.201. The van der Waals surface area contributed by atoms with E-state index in [1.165, 1.54) is 0 Å². The molecule has 0 aromatic carbocycles. The average Bonchev–Trinajstić information content (AvgIpc) is 2.83. The monoisotopic (exact) mass is 434 g/mol. The zero-order valence-electron chi connectivity index (χ0n) is 18.9. The fraction of sp³-hybridized carbons (Fsp3) is 0.905. The molecule has 3 atom stereocenters. The molecule has 2 aliphatic rings. The van der Waals surface area contributed by atoms with Crippen LogP contribution in [-0.4, -0.2) is 46.0 Å². The molecule has 0 spiro atoms. The van der Waals surface area contributed by atoms with Crippen LogP contribution >= 0.6 is 0 Å². The topological polar surface area (TPSA) is 91.3 Å². The average molecular weight is 435 g/mol. The maximum Gasteiger partial charge on any atom is 0.184 e. The van der Waals surface area contributed by atoms with E-state index in [-0.39, 0.29) is 33.9 Å². The predicted octanol–water partition coefficient (Wildman–Crippen LogP) is 3.57. The minimum Gasteiger partial charge on any atom is -0.747 e. The second kappa shape index (κ2) is 8.76. The molecule has 0 saturated heterocycles. The number of hydrogen-bond donors (Lipinski definition) is 0. The Labute approximate surface area is 174 Å². The molecule has 2 aliphatic carbocycles. The summed E-state index contributed by atoms with van der Waals surface area (Å²) in [6.07, 6.45) is 1.37. The molecule has 0 radical (unpaired) electrons. The highest BCUT2D eigenvalue weighted by Crippen LogP contribution is 2.64.